The van der Waals surface area contributed by atoms with Crippen LogP contribution < -0.4 is 0 Å². The van der Waals surface area contributed by atoms with Gasteiger partial charge in [0.1, 0.15) is 11.4 Å². The Morgan fingerprint density at radius 2 is 1.61 bits per heavy atom. The number of ketones is 2. The fraction of sp³-hybridized carbons (Fsp3) is 0.667. The van der Waals surface area contributed by atoms with Gasteiger partial charge in [-0.3, -0.25) is 14.5 Å². The standard InChI is InChI=1S/C27H36BrNO4/c1-25(2,3)33-24(32)29-18-4-5-21(29)22(30)10-11-23(31)27-15-12-26(13-16-27,14-17-27)19-6-8-20(28)9-7-19/h6-9,21H,4-5,10-18H2,1-3H3/t21-,26?,27?/m0/s1. The highest BCUT2D eigenvalue weighted by molar-refractivity contribution is 9.10. The molecular weight excluding hydrogens is 482 g/mol. The fourth-order valence-corrected chi connectivity index (χ4v) is 6.41. The van der Waals surface area contributed by atoms with Crippen molar-refractivity contribution in [2.75, 3.05) is 6.54 Å². The molecule has 6 heteroatoms. The molecule has 33 heavy (non-hydrogen) atoms. The number of nitrogens with zero attached hydrogens (tertiary/aromatic N) is 1. The maximum Gasteiger partial charge on any atom is 0.410 e. The molecule has 180 valence electrons. The van der Waals surface area contributed by atoms with Gasteiger partial charge in [-0.2, -0.15) is 0 Å². The maximum atomic E-state index is 13.3. The summed E-state index contributed by atoms with van der Waals surface area (Å²) in [6.07, 6.45) is 7.45. The van der Waals surface area contributed by atoms with Crippen molar-refractivity contribution in [3.05, 3.63) is 34.3 Å². The minimum atomic E-state index is -0.587. The van der Waals surface area contributed by atoms with E-state index in [1.54, 1.807) is 4.90 Å². The van der Waals surface area contributed by atoms with Crippen molar-refractivity contribution >= 4 is 33.6 Å². The average Bonchev–Trinajstić information content (AvgIpc) is 3.28. The van der Waals surface area contributed by atoms with Crippen LogP contribution in [0.4, 0.5) is 4.79 Å². The second kappa shape index (κ2) is 9.16. The molecule has 1 aromatic carbocycles. The van der Waals surface area contributed by atoms with E-state index in [0.717, 1.165) is 49.4 Å². The van der Waals surface area contributed by atoms with Gasteiger partial charge in [0.05, 0.1) is 6.04 Å². The highest BCUT2D eigenvalue weighted by atomic mass is 79.9. The molecule has 3 aliphatic carbocycles. The highest BCUT2D eigenvalue weighted by Crippen LogP contribution is 2.58. The molecule has 5 nitrogen and oxygen atoms in total. The smallest absolute Gasteiger partial charge is 0.410 e. The van der Waals surface area contributed by atoms with Crippen molar-refractivity contribution in [3.8, 4) is 0 Å². The van der Waals surface area contributed by atoms with E-state index in [-0.39, 0.29) is 28.8 Å². The Balaban J connectivity index is 1.33. The number of carbonyl (C=O) groups excluding carboxylic acids is 3. The number of likely N-dealkylation sites (tertiary alicyclic amines) is 1. The largest absolute Gasteiger partial charge is 0.444 e. The second-order valence-electron chi connectivity index (χ2n) is 11.3. The number of carbonyl (C=O) groups is 3. The minimum Gasteiger partial charge on any atom is -0.444 e. The number of fused-ring (bicyclic) bond motifs is 3. The van der Waals surface area contributed by atoms with E-state index >= 15 is 0 Å². The Labute approximate surface area is 205 Å². The summed E-state index contributed by atoms with van der Waals surface area (Å²) < 4.78 is 6.57. The molecule has 5 rings (SSSR count). The second-order valence-corrected chi connectivity index (χ2v) is 12.2. The Hall–Kier alpha value is -1.69. The molecule has 1 atom stereocenters. The monoisotopic (exact) mass is 517 g/mol. The Kier molecular flexibility index (Phi) is 6.78. The Morgan fingerprint density at radius 1 is 1.00 bits per heavy atom. The van der Waals surface area contributed by atoms with Crippen LogP contribution in [0.2, 0.25) is 0 Å². The van der Waals surface area contributed by atoms with Crippen LogP contribution in [0, 0.1) is 5.41 Å². The average molecular weight is 518 g/mol. The van der Waals surface area contributed by atoms with Crippen molar-refractivity contribution in [3.63, 3.8) is 0 Å². The third-order valence-electron chi connectivity index (χ3n) is 8.15. The SMILES string of the molecule is CC(C)(C)OC(=O)N1CCC[C@H]1C(=O)CCC(=O)C12CCC(c3ccc(Br)cc3)(CC1)CC2. The van der Waals surface area contributed by atoms with Crippen LogP contribution in [0.15, 0.2) is 28.7 Å². The molecule has 1 aromatic rings. The zero-order valence-corrected chi connectivity index (χ0v) is 21.7. The van der Waals surface area contributed by atoms with Gasteiger partial charge in [0.2, 0.25) is 0 Å². The van der Waals surface area contributed by atoms with Crippen LogP contribution in [0.3, 0.4) is 0 Å². The van der Waals surface area contributed by atoms with Crippen LogP contribution in [0.5, 0.6) is 0 Å². The molecule has 0 spiro atoms. The van der Waals surface area contributed by atoms with Crippen molar-refractivity contribution in [2.24, 2.45) is 5.41 Å². The van der Waals surface area contributed by atoms with Gasteiger partial charge in [-0.15, -0.1) is 0 Å². The summed E-state index contributed by atoms with van der Waals surface area (Å²) in [4.78, 5) is 40.4. The van der Waals surface area contributed by atoms with Crippen LogP contribution in [-0.4, -0.2) is 40.7 Å². The molecular formula is C27H36BrNO4. The van der Waals surface area contributed by atoms with E-state index in [0.29, 0.717) is 19.4 Å². The lowest BCUT2D eigenvalue weighted by molar-refractivity contribution is -0.137. The lowest BCUT2D eigenvalue weighted by Gasteiger charge is -2.53. The van der Waals surface area contributed by atoms with E-state index in [9.17, 15) is 14.4 Å². The molecule has 1 amide bonds. The lowest BCUT2D eigenvalue weighted by atomic mass is 9.50. The van der Waals surface area contributed by atoms with E-state index in [2.05, 4.69) is 40.2 Å². The number of benzene rings is 1. The summed E-state index contributed by atoms with van der Waals surface area (Å²) >= 11 is 3.52. The molecule has 0 unspecified atom stereocenters. The third-order valence-corrected chi connectivity index (χ3v) is 8.67. The van der Waals surface area contributed by atoms with Crippen molar-refractivity contribution in [2.45, 2.75) is 102 Å². The van der Waals surface area contributed by atoms with Gasteiger partial charge in [-0.25, -0.2) is 4.79 Å². The molecule has 1 saturated heterocycles. The van der Waals surface area contributed by atoms with E-state index in [1.165, 1.54) is 5.56 Å². The van der Waals surface area contributed by atoms with E-state index in [1.807, 2.05) is 20.8 Å². The number of Topliss-reactive ketones (excluding diaryl/α,β-unsaturated/α-hetero) is 2. The number of amides is 1. The van der Waals surface area contributed by atoms with Crippen LogP contribution >= 0.6 is 15.9 Å². The molecule has 0 N–H and O–H groups in total. The first-order chi connectivity index (χ1) is 15.5. The molecule has 4 fully saturated rings. The van der Waals surface area contributed by atoms with Gasteiger partial charge in [-0.1, -0.05) is 28.1 Å². The quantitative estimate of drug-likeness (QED) is 0.440. The zero-order chi connectivity index (χ0) is 23.9. The summed E-state index contributed by atoms with van der Waals surface area (Å²) in [7, 11) is 0. The lowest BCUT2D eigenvalue weighted by Crippen LogP contribution is -2.48. The van der Waals surface area contributed by atoms with Crippen LogP contribution in [-0.2, 0) is 19.7 Å². The number of rotatable bonds is 6. The van der Waals surface area contributed by atoms with Crippen molar-refractivity contribution in [1.82, 2.24) is 4.90 Å². The van der Waals surface area contributed by atoms with E-state index in [4.69, 9.17) is 4.74 Å². The molecule has 0 aromatic heterocycles. The Bertz CT molecular complexity index is 893. The summed E-state index contributed by atoms with van der Waals surface area (Å²) in [5.41, 5.74) is 0.759. The minimum absolute atomic E-state index is 0.000984. The van der Waals surface area contributed by atoms with E-state index < -0.39 is 17.7 Å². The maximum absolute atomic E-state index is 13.3. The molecule has 4 aliphatic rings. The molecule has 2 bridgehead atoms. The summed E-state index contributed by atoms with van der Waals surface area (Å²) in [5, 5.41) is 0. The Morgan fingerprint density at radius 3 is 2.18 bits per heavy atom. The molecule has 0 radical (unpaired) electrons. The van der Waals surface area contributed by atoms with Gasteiger partial charge >= 0.3 is 6.09 Å². The fourth-order valence-electron chi connectivity index (χ4n) is 6.15. The first-order valence-corrected chi connectivity index (χ1v) is 13.1. The number of hydrogen-bond donors (Lipinski definition) is 0. The van der Waals surface area contributed by atoms with Crippen LogP contribution in [0.1, 0.15) is 90.5 Å². The van der Waals surface area contributed by atoms with Gasteiger partial charge in [-0.05, 0) is 95.2 Å². The van der Waals surface area contributed by atoms with Crippen molar-refractivity contribution < 1.29 is 19.1 Å². The first-order valence-electron chi connectivity index (χ1n) is 12.4. The zero-order valence-electron chi connectivity index (χ0n) is 20.1. The van der Waals surface area contributed by atoms with Gasteiger partial charge in [0, 0.05) is 29.3 Å². The number of halogens is 1. The normalized spacial score (nSPS) is 29.2. The summed E-state index contributed by atoms with van der Waals surface area (Å²) in [6.45, 7) is 6.03. The molecule has 1 heterocycles. The number of hydrogen-bond acceptors (Lipinski definition) is 4. The highest BCUT2D eigenvalue weighted by Gasteiger charge is 2.52. The summed E-state index contributed by atoms with van der Waals surface area (Å²) in [5.74, 6) is 0.251. The van der Waals surface area contributed by atoms with Gasteiger partial charge < -0.3 is 4.74 Å². The third kappa shape index (κ3) is 5.06. The topological polar surface area (TPSA) is 63.7 Å². The number of ether oxygens (including phenoxy) is 1. The molecule has 1 aliphatic heterocycles. The predicted octanol–water partition coefficient (Wildman–Crippen LogP) is 6.36. The first kappa shape index (κ1) is 24.4. The predicted molar refractivity (Wildman–Crippen MR) is 131 cm³/mol. The summed E-state index contributed by atoms with van der Waals surface area (Å²) in [6, 6.07) is 8.22. The van der Waals surface area contributed by atoms with Gasteiger partial charge in [0.25, 0.3) is 0 Å². The van der Waals surface area contributed by atoms with Gasteiger partial charge in [0.15, 0.2) is 5.78 Å². The molecule has 3 saturated carbocycles. The van der Waals surface area contributed by atoms with Crippen LogP contribution in [0.25, 0.3) is 0 Å². The van der Waals surface area contributed by atoms with Crippen molar-refractivity contribution in [1.29, 1.82) is 0 Å².